The van der Waals surface area contributed by atoms with Crippen molar-refractivity contribution in [3.8, 4) is 0 Å². The van der Waals surface area contributed by atoms with Crippen LogP contribution >= 0.6 is 15.9 Å². The van der Waals surface area contributed by atoms with Crippen molar-refractivity contribution in [2.24, 2.45) is 0 Å². The molecule has 2 aromatic carbocycles. The average molecular weight is 422 g/mol. The van der Waals surface area contributed by atoms with E-state index in [2.05, 4.69) is 58.6 Å². The third kappa shape index (κ3) is 4.68. The van der Waals surface area contributed by atoms with Gasteiger partial charge in [-0.2, -0.15) is 4.98 Å². The van der Waals surface area contributed by atoms with Crippen LogP contribution in [0.25, 0.3) is 0 Å². The predicted octanol–water partition coefficient (Wildman–Crippen LogP) is 4.37. The molecule has 7 nitrogen and oxygen atoms in total. The molecule has 0 aliphatic carbocycles. The zero-order chi connectivity index (χ0) is 18.5. The Morgan fingerprint density at radius 2 is 1.67 bits per heavy atom. The lowest BCUT2D eigenvalue weighted by atomic mass is 10.2. The zero-order valence-electron chi connectivity index (χ0n) is 14.2. The number of halogens is 1. The maximum absolute atomic E-state index is 4.42. The van der Waals surface area contributed by atoms with Gasteiger partial charge < -0.3 is 15.2 Å². The lowest BCUT2D eigenvalue weighted by Gasteiger charge is -2.09. The van der Waals surface area contributed by atoms with Gasteiger partial charge in [-0.3, -0.25) is 0 Å². The summed E-state index contributed by atoms with van der Waals surface area (Å²) in [6, 6.07) is 15.9. The van der Waals surface area contributed by atoms with Crippen LogP contribution in [0.4, 0.5) is 23.3 Å². The second-order valence-electron chi connectivity index (χ2n) is 5.83. The van der Waals surface area contributed by atoms with E-state index < -0.39 is 0 Å². The first-order valence-electron chi connectivity index (χ1n) is 8.28. The SMILES string of the molecule is Brc1cccc(Nc2ncnc(Nc3cccc(Cn4ccnc4)c3)n2)c1. The molecule has 0 spiro atoms. The first-order valence-corrected chi connectivity index (χ1v) is 9.07. The molecule has 0 amide bonds. The third-order valence-corrected chi connectivity index (χ3v) is 4.25. The molecule has 0 radical (unpaired) electrons. The highest BCUT2D eigenvalue weighted by molar-refractivity contribution is 9.10. The smallest absolute Gasteiger partial charge is 0.232 e. The summed E-state index contributed by atoms with van der Waals surface area (Å²) in [5.41, 5.74) is 2.95. The number of hydrogen-bond donors (Lipinski definition) is 2. The van der Waals surface area contributed by atoms with Crippen LogP contribution in [-0.2, 0) is 6.54 Å². The van der Waals surface area contributed by atoms with Crippen molar-refractivity contribution in [3.05, 3.63) is 83.6 Å². The molecule has 2 N–H and O–H groups in total. The summed E-state index contributed by atoms with van der Waals surface area (Å²) in [7, 11) is 0. The molecule has 0 saturated carbocycles. The number of aromatic nitrogens is 5. The molecular formula is C19H16BrN7. The van der Waals surface area contributed by atoms with Crippen molar-refractivity contribution >= 4 is 39.2 Å². The Hall–Kier alpha value is -3.26. The molecule has 0 unspecified atom stereocenters. The van der Waals surface area contributed by atoms with Crippen LogP contribution in [0.2, 0.25) is 0 Å². The Kier molecular flexibility index (Phi) is 5.06. The third-order valence-electron chi connectivity index (χ3n) is 3.76. The fourth-order valence-electron chi connectivity index (χ4n) is 2.58. The fourth-order valence-corrected chi connectivity index (χ4v) is 2.98. The Bertz CT molecular complexity index is 1030. The van der Waals surface area contributed by atoms with E-state index in [-0.39, 0.29) is 0 Å². The summed E-state index contributed by atoms with van der Waals surface area (Å²) >= 11 is 3.45. The number of nitrogens with zero attached hydrogens (tertiary/aromatic N) is 5. The number of benzene rings is 2. The van der Waals surface area contributed by atoms with Gasteiger partial charge in [0.1, 0.15) is 6.33 Å². The summed E-state index contributed by atoms with van der Waals surface area (Å²) in [6.07, 6.45) is 6.98. The van der Waals surface area contributed by atoms with E-state index in [1.807, 2.05) is 47.2 Å². The fraction of sp³-hybridized carbons (Fsp3) is 0.0526. The van der Waals surface area contributed by atoms with Gasteiger partial charge in [0.05, 0.1) is 6.33 Å². The summed E-state index contributed by atoms with van der Waals surface area (Å²) < 4.78 is 3.00. The normalized spacial score (nSPS) is 10.6. The minimum Gasteiger partial charge on any atom is -0.333 e. The molecular weight excluding hydrogens is 406 g/mol. The Balaban J connectivity index is 1.48. The van der Waals surface area contributed by atoms with Crippen LogP contribution in [0, 0.1) is 0 Å². The molecule has 0 atom stereocenters. The maximum Gasteiger partial charge on any atom is 0.232 e. The Morgan fingerprint density at radius 3 is 2.37 bits per heavy atom. The predicted molar refractivity (Wildman–Crippen MR) is 108 cm³/mol. The van der Waals surface area contributed by atoms with Gasteiger partial charge in [-0.15, -0.1) is 0 Å². The molecule has 8 heteroatoms. The molecule has 2 heterocycles. The van der Waals surface area contributed by atoms with Crippen molar-refractivity contribution in [3.63, 3.8) is 0 Å². The lowest BCUT2D eigenvalue weighted by Crippen LogP contribution is -2.03. The average Bonchev–Trinajstić information content (AvgIpc) is 3.15. The van der Waals surface area contributed by atoms with Gasteiger partial charge in [0.2, 0.25) is 11.9 Å². The van der Waals surface area contributed by atoms with Crippen molar-refractivity contribution in [2.75, 3.05) is 10.6 Å². The minimum absolute atomic E-state index is 0.472. The van der Waals surface area contributed by atoms with E-state index in [0.717, 1.165) is 28.0 Å². The van der Waals surface area contributed by atoms with Crippen LogP contribution in [0.1, 0.15) is 5.56 Å². The van der Waals surface area contributed by atoms with Gasteiger partial charge >= 0.3 is 0 Å². The minimum atomic E-state index is 0.472. The number of imidazole rings is 1. The van der Waals surface area contributed by atoms with Crippen molar-refractivity contribution in [1.29, 1.82) is 0 Å². The molecule has 4 rings (SSSR count). The second-order valence-corrected chi connectivity index (χ2v) is 6.74. The largest absolute Gasteiger partial charge is 0.333 e. The monoisotopic (exact) mass is 421 g/mol. The summed E-state index contributed by atoms with van der Waals surface area (Å²) in [4.78, 5) is 16.9. The number of hydrogen-bond acceptors (Lipinski definition) is 6. The van der Waals surface area contributed by atoms with E-state index in [0.29, 0.717) is 11.9 Å². The van der Waals surface area contributed by atoms with Crippen LogP contribution in [0.5, 0.6) is 0 Å². The molecule has 0 bridgehead atoms. The van der Waals surface area contributed by atoms with Crippen LogP contribution in [-0.4, -0.2) is 24.5 Å². The van der Waals surface area contributed by atoms with Crippen LogP contribution in [0.15, 0.2) is 78.1 Å². The topological polar surface area (TPSA) is 80.5 Å². The number of nitrogens with one attached hydrogen (secondary N) is 2. The Morgan fingerprint density at radius 1 is 0.926 bits per heavy atom. The molecule has 0 aliphatic rings. The van der Waals surface area contributed by atoms with E-state index in [1.165, 1.54) is 6.33 Å². The number of anilines is 4. The van der Waals surface area contributed by atoms with Gasteiger partial charge in [-0.05, 0) is 35.9 Å². The molecule has 134 valence electrons. The van der Waals surface area contributed by atoms with Gasteiger partial charge in [0.25, 0.3) is 0 Å². The summed E-state index contributed by atoms with van der Waals surface area (Å²) in [5.74, 6) is 0.947. The van der Waals surface area contributed by atoms with Gasteiger partial charge in [-0.25, -0.2) is 15.0 Å². The summed E-state index contributed by atoms with van der Waals surface area (Å²) in [6.45, 7) is 0.752. The highest BCUT2D eigenvalue weighted by Crippen LogP contribution is 2.20. The van der Waals surface area contributed by atoms with E-state index in [9.17, 15) is 0 Å². The quantitative estimate of drug-likeness (QED) is 0.481. The van der Waals surface area contributed by atoms with Crippen LogP contribution in [0.3, 0.4) is 0 Å². The molecule has 0 aliphatic heterocycles. The number of rotatable bonds is 6. The lowest BCUT2D eigenvalue weighted by molar-refractivity contribution is 0.797. The van der Waals surface area contributed by atoms with Gasteiger partial charge in [0, 0.05) is 34.8 Å². The molecule has 0 fully saturated rings. The molecule has 2 aromatic heterocycles. The van der Waals surface area contributed by atoms with Crippen molar-refractivity contribution in [2.45, 2.75) is 6.54 Å². The van der Waals surface area contributed by atoms with E-state index >= 15 is 0 Å². The van der Waals surface area contributed by atoms with Gasteiger partial charge in [0.15, 0.2) is 0 Å². The zero-order valence-corrected chi connectivity index (χ0v) is 15.8. The highest BCUT2D eigenvalue weighted by Gasteiger charge is 2.04. The second kappa shape index (κ2) is 7.96. The first kappa shape index (κ1) is 17.2. The first-order chi connectivity index (χ1) is 13.2. The van der Waals surface area contributed by atoms with Gasteiger partial charge in [-0.1, -0.05) is 34.1 Å². The van der Waals surface area contributed by atoms with E-state index in [1.54, 1.807) is 12.5 Å². The maximum atomic E-state index is 4.42. The standard InChI is InChI=1S/C19H16BrN7/c20-15-4-2-6-17(10-15)25-19-23-12-22-18(26-19)24-16-5-1-3-14(9-16)11-27-8-7-21-13-27/h1-10,12-13H,11H2,(H2,22,23,24,25,26). The molecule has 0 saturated heterocycles. The van der Waals surface area contributed by atoms with Crippen LogP contribution < -0.4 is 10.6 Å². The van der Waals surface area contributed by atoms with E-state index in [4.69, 9.17) is 0 Å². The summed E-state index contributed by atoms with van der Waals surface area (Å²) in [5, 5.41) is 6.39. The Labute approximate surface area is 164 Å². The highest BCUT2D eigenvalue weighted by atomic mass is 79.9. The van der Waals surface area contributed by atoms with Crippen molar-refractivity contribution < 1.29 is 0 Å². The molecule has 27 heavy (non-hydrogen) atoms. The van der Waals surface area contributed by atoms with Crippen molar-refractivity contribution in [1.82, 2.24) is 24.5 Å². The molecule has 4 aromatic rings.